The maximum atomic E-state index is 12.1. The zero-order chi connectivity index (χ0) is 10.7. The summed E-state index contributed by atoms with van der Waals surface area (Å²) in [4.78, 5) is 13.9. The topological polar surface area (TPSA) is 52.6 Å². The molecule has 2 rings (SSSR count). The van der Waals surface area contributed by atoms with Gasteiger partial charge in [0.05, 0.1) is 12.1 Å². The van der Waals surface area contributed by atoms with E-state index >= 15 is 0 Å². The van der Waals surface area contributed by atoms with Gasteiger partial charge in [-0.15, -0.1) is 0 Å². The first-order chi connectivity index (χ1) is 7.27. The number of piperidine rings is 2. The van der Waals surface area contributed by atoms with Crippen molar-refractivity contribution in [2.24, 2.45) is 0 Å². The van der Waals surface area contributed by atoms with Crippen LogP contribution in [0.1, 0.15) is 32.1 Å². The van der Waals surface area contributed by atoms with Crippen LogP contribution < -0.4 is 5.32 Å². The van der Waals surface area contributed by atoms with Gasteiger partial charge in [0.15, 0.2) is 0 Å². The standard InChI is InChI=1S/C11H20N2O2/c14-9-4-3-7-13(8-9)11(15)10-5-1-2-6-12-10/h9-10,12,14H,1-8H2/t9-,10+/m0/s1. The number of nitrogens with zero attached hydrogens (tertiary/aromatic N) is 1. The smallest absolute Gasteiger partial charge is 0.239 e. The molecule has 2 fully saturated rings. The number of likely N-dealkylation sites (tertiary alicyclic amines) is 1. The highest BCUT2D eigenvalue weighted by Gasteiger charge is 2.28. The van der Waals surface area contributed by atoms with Gasteiger partial charge in [-0.05, 0) is 32.2 Å². The quantitative estimate of drug-likeness (QED) is 0.649. The van der Waals surface area contributed by atoms with E-state index in [-0.39, 0.29) is 18.1 Å². The lowest BCUT2D eigenvalue weighted by atomic mass is 10.0. The molecule has 2 heterocycles. The Morgan fingerprint density at radius 2 is 2.13 bits per heavy atom. The first kappa shape index (κ1) is 10.9. The Balaban J connectivity index is 1.88. The summed E-state index contributed by atoms with van der Waals surface area (Å²) in [6.45, 7) is 2.29. The van der Waals surface area contributed by atoms with Crippen LogP contribution in [0.25, 0.3) is 0 Å². The van der Waals surface area contributed by atoms with Gasteiger partial charge in [0.1, 0.15) is 0 Å². The second kappa shape index (κ2) is 4.94. The molecule has 0 bridgehead atoms. The van der Waals surface area contributed by atoms with Gasteiger partial charge in [0, 0.05) is 13.1 Å². The number of hydrogen-bond donors (Lipinski definition) is 2. The van der Waals surface area contributed by atoms with E-state index < -0.39 is 0 Å². The first-order valence-corrected chi connectivity index (χ1v) is 5.97. The summed E-state index contributed by atoms with van der Waals surface area (Å²) >= 11 is 0. The van der Waals surface area contributed by atoms with Crippen molar-refractivity contribution in [2.45, 2.75) is 44.2 Å². The molecule has 0 spiro atoms. The fraction of sp³-hybridized carbons (Fsp3) is 0.909. The van der Waals surface area contributed by atoms with E-state index in [2.05, 4.69) is 5.32 Å². The molecule has 4 nitrogen and oxygen atoms in total. The number of nitrogens with one attached hydrogen (secondary N) is 1. The van der Waals surface area contributed by atoms with Crippen molar-refractivity contribution in [2.75, 3.05) is 19.6 Å². The molecule has 2 saturated heterocycles. The Morgan fingerprint density at radius 1 is 1.27 bits per heavy atom. The molecule has 4 heteroatoms. The fourth-order valence-corrected chi connectivity index (χ4v) is 2.44. The highest BCUT2D eigenvalue weighted by atomic mass is 16.3. The first-order valence-electron chi connectivity index (χ1n) is 5.97. The van der Waals surface area contributed by atoms with Crippen molar-refractivity contribution in [3.63, 3.8) is 0 Å². The molecule has 0 saturated carbocycles. The van der Waals surface area contributed by atoms with E-state index in [1.807, 2.05) is 4.90 Å². The third-order valence-corrected chi connectivity index (χ3v) is 3.32. The van der Waals surface area contributed by atoms with Crippen LogP contribution in [0.4, 0.5) is 0 Å². The zero-order valence-corrected chi connectivity index (χ0v) is 9.11. The van der Waals surface area contributed by atoms with Gasteiger partial charge in [0.2, 0.25) is 5.91 Å². The normalized spacial score (nSPS) is 32.7. The predicted molar refractivity (Wildman–Crippen MR) is 57.5 cm³/mol. The van der Waals surface area contributed by atoms with E-state index in [1.54, 1.807) is 0 Å². The van der Waals surface area contributed by atoms with E-state index in [1.165, 1.54) is 6.42 Å². The minimum Gasteiger partial charge on any atom is -0.391 e. The maximum Gasteiger partial charge on any atom is 0.239 e. The van der Waals surface area contributed by atoms with Crippen molar-refractivity contribution in [3.05, 3.63) is 0 Å². The van der Waals surface area contributed by atoms with Gasteiger partial charge in [0.25, 0.3) is 0 Å². The number of rotatable bonds is 1. The third kappa shape index (κ3) is 2.69. The van der Waals surface area contributed by atoms with Crippen LogP contribution in [0.15, 0.2) is 0 Å². The summed E-state index contributed by atoms with van der Waals surface area (Å²) < 4.78 is 0. The molecule has 2 atom stereocenters. The van der Waals surface area contributed by atoms with Crippen molar-refractivity contribution in [3.8, 4) is 0 Å². The number of hydrogen-bond acceptors (Lipinski definition) is 3. The number of aliphatic hydroxyl groups is 1. The third-order valence-electron chi connectivity index (χ3n) is 3.32. The molecule has 1 amide bonds. The molecule has 15 heavy (non-hydrogen) atoms. The predicted octanol–water partition coefficient (Wildman–Crippen LogP) is 0.112. The molecule has 2 N–H and O–H groups in total. The summed E-state index contributed by atoms with van der Waals surface area (Å²) in [6.07, 6.45) is 4.71. The number of carbonyl (C=O) groups excluding carboxylic acids is 1. The molecular formula is C11H20N2O2. The molecular weight excluding hydrogens is 192 g/mol. The van der Waals surface area contributed by atoms with Crippen LogP contribution in [0.3, 0.4) is 0 Å². The minimum atomic E-state index is -0.314. The molecule has 0 aromatic heterocycles. The largest absolute Gasteiger partial charge is 0.391 e. The molecule has 0 aromatic rings. The lowest BCUT2D eigenvalue weighted by Gasteiger charge is -2.34. The van der Waals surface area contributed by atoms with Crippen LogP contribution in [0.2, 0.25) is 0 Å². The second-order valence-corrected chi connectivity index (χ2v) is 4.58. The average Bonchev–Trinajstić information content (AvgIpc) is 2.29. The van der Waals surface area contributed by atoms with Crippen LogP contribution >= 0.6 is 0 Å². The Kier molecular flexibility index (Phi) is 3.59. The molecule has 86 valence electrons. The van der Waals surface area contributed by atoms with Crippen molar-refractivity contribution >= 4 is 5.91 Å². The van der Waals surface area contributed by atoms with Gasteiger partial charge in [-0.25, -0.2) is 0 Å². The Labute approximate surface area is 90.6 Å². The fourth-order valence-electron chi connectivity index (χ4n) is 2.44. The van der Waals surface area contributed by atoms with Gasteiger partial charge in [-0.2, -0.15) is 0 Å². The molecule has 0 radical (unpaired) electrons. The second-order valence-electron chi connectivity index (χ2n) is 4.58. The maximum absolute atomic E-state index is 12.1. The summed E-state index contributed by atoms with van der Waals surface area (Å²) in [5.41, 5.74) is 0. The van der Waals surface area contributed by atoms with Gasteiger partial charge < -0.3 is 15.3 Å². The van der Waals surface area contributed by atoms with Crippen LogP contribution in [0, 0.1) is 0 Å². The number of β-amino-alcohol motifs (C(OH)–C–C–N with tert-alkyl or cyclic N) is 1. The monoisotopic (exact) mass is 212 g/mol. The molecule has 0 aromatic carbocycles. The van der Waals surface area contributed by atoms with Gasteiger partial charge in [-0.3, -0.25) is 4.79 Å². The zero-order valence-electron chi connectivity index (χ0n) is 9.11. The van der Waals surface area contributed by atoms with Crippen molar-refractivity contribution < 1.29 is 9.90 Å². The minimum absolute atomic E-state index is 0.00375. The lowest BCUT2D eigenvalue weighted by Crippen LogP contribution is -2.52. The number of amides is 1. The van der Waals surface area contributed by atoms with Crippen LogP contribution in [-0.4, -0.2) is 47.7 Å². The van der Waals surface area contributed by atoms with Gasteiger partial charge in [-0.1, -0.05) is 6.42 Å². The number of aliphatic hydroxyl groups excluding tert-OH is 1. The Hall–Kier alpha value is -0.610. The summed E-state index contributed by atoms with van der Waals surface area (Å²) in [6, 6.07) is 0.00375. The van der Waals surface area contributed by atoms with Crippen molar-refractivity contribution in [1.29, 1.82) is 0 Å². The average molecular weight is 212 g/mol. The lowest BCUT2D eigenvalue weighted by molar-refractivity contribution is -0.137. The summed E-state index contributed by atoms with van der Waals surface area (Å²) in [7, 11) is 0. The highest BCUT2D eigenvalue weighted by Crippen LogP contribution is 2.14. The van der Waals surface area contributed by atoms with Crippen molar-refractivity contribution in [1.82, 2.24) is 10.2 Å². The van der Waals surface area contributed by atoms with E-state index in [0.29, 0.717) is 6.54 Å². The molecule has 2 aliphatic heterocycles. The van der Waals surface area contributed by atoms with Crippen LogP contribution in [-0.2, 0) is 4.79 Å². The summed E-state index contributed by atoms with van der Waals surface area (Å²) in [5, 5.41) is 12.8. The molecule has 0 aliphatic carbocycles. The van der Waals surface area contributed by atoms with Gasteiger partial charge >= 0.3 is 0 Å². The Morgan fingerprint density at radius 3 is 2.80 bits per heavy atom. The van der Waals surface area contributed by atoms with E-state index in [4.69, 9.17) is 0 Å². The Bertz CT molecular complexity index is 227. The SMILES string of the molecule is O=C([C@H]1CCCCN1)N1CCC[C@H](O)C1. The summed E-state index contributed by atoms with van der Waals surface area (Å²) in [5.74, 6) is 0.188. The van der Waals surface area contributed by atoms with E-state index in [9.17, 15) is 9.90 Å². The molecule has 2 aliphatic rings. The van der Waals surface area contributed by atoms with Crippen LogP contribution in [0.5, 0.6) is 0 Å². The highest BCUT2D eigenvalue weighted by molar-refractivity contribution is 5.82. The molecule has 0 unspecified atom stereocenters. The number of carbonyl (C=O) groups is 1. The van der Waals surface area contributed by atoms with E-state index in [0.717, 1.165) is 38.8 Å².